The molecule has 0 radical (unpaired) electrons. The highest BCUT2D eigenvalue weighted by atomic mass is 16.2. The van der Waals surface area contributed by atoms with E-state index in [0.29, 0.717) is 22.1 Å². The van der Waals surface area contributed by atoms with E-state index in [0.717, 1.165) is 30.5 Å². The summed E-state index contributed by atoms with van der Waals surface area (Å²) in [5, 5.41) is 6.45. The second-order valence-corrected chi connectivity index (χ2v) is 8.62. The van der Waals surface area contributed by atoms with Gasteiger partial charge in [-0.2, -0.15) is 4.68 Å². The van der Waals surface area contributed by atoms with Gasteiger partial charge in [0, 0.05) is 30.6 Å². The molecule has 2 amide bonds. The van der Waals surface area contributed by atoms with Crippen molar-refractivity contribution in [2.24, 2.45) is 17.4 Å². The van der Waals surface area contributed by atoms with Crippen LogP contribution in [0.2, 0.25) is 0 Å². The maximum Gasteiger partial charge on any atom is 0.350 e. The van der Waals surface area contributed by atoms with Gasteiger partial charge in [0.05, 0.1) is 10.9 Å². The monoisotopic (exact) mass is 415 g/mol. The minimum Gasteiger partial charge on any atom is -0.352 e. The summed E-state index contributed by atoms with van der Waals surface area (Å²) in [4.78, 5) is 36.8. The quantitative estimate of drug-likeness (QED) is 0.393. The molecule has 0 bridgehead atoms. The largest absolute Gasteiger partial charge is 0.352 e. The molecule has 10 heteroatoms. The van der Waals surface area contributed by atoms with E-state index in [1.807, 2.05) is 13.0 Å². The van der Waals surface area contributed by atoms with Crippen molar-refractivity contribution in [3.8, 4) is 0 Å². The van der Waals surface area contributed by atoms with Crippen molar-refractivity contribution in [2.45, 2.75) is 44.2 Å². The maximum absolute atomic E-state index is 12.8. The molecule has 1 saturated carbocycles. The normalized spacial score (nSPS) is 24.8. The second-order valence-electron chi connectivity index (χ2n) is 8.62. The number of amides is 2. The summed E-state index contributed by atoms with van der Waals surface area (Å²) in [5.41, 5.74) is 12.8. The minimum absolute atomic E-state index is 0.0460. The van der Waals surface area contributed by atoms with Crippen LogP contribution in [0.25, 0.3) is 10.9 Å². The molecule has 4 rings (SSSR count). The van der Waals surface area contributed by atoms with Crippen LogP contribution in [0.5, 0.6) is 0 Å². The number of hydrogen-bond acceptors (Lipinski definition) is 6. The van der Waals surface area contributed by atoms with Gasteiger partial charge in [-0.25, -0.2) is 9.59 Å². The van der Waals surface area contributed by atoms with Crippen molar-refractivity contribution in [2.75, 3.05) is 25.5 Å². The Balaban J connectivity index is 1.97. The van der Waals surface area contributed by atoms with Gasteiger partial charge in [-0.15, -0.1) is 0 Å². The molecular formula is C20H29N7O3. The van der Waals surface area contributed by atoms with Gasteiger partial charge in [0.2, 0.25) is 0 Å². The van der Waals surface area contributed by atoms with Crippen LogP contribution in [-0.4, -0.2) is 41.0 Å². The Morgan fingerprint density at radius 2 is 2.07 bits per heavy atom. The lowest BCUT2D eigenvalue weighted by Gasteiger charge is -2.40. The smallest absolute Gasteiger partial charge is 0.350 e. The first kappa shape index (κ1) is 20.4. The Bertz CT molecular complexity index is 1130. The minimum atomic E-state index is -0.625. The number of carbonyl (C=O) groups excluding carboxylic acids is 1. The van der Waals surface area contributed by atoms with E-state index >= 15 is 0 Å². The zero-order valence-electron chi connectivity index (χ0n) is 17.3. The number of nitrogens with zero attached hydrogens (tertiary/aromatic N) is 2. The SMILES string of the molecule is Cc1c([C@@]2([C@H](N)CNC(N)=O)CNC[C@@H]2C)ccc2c(=O)n(N)c(=O)n(C3CC3)c12. The summed E-state index contributed by atoms with van der Waals surface area (Å²) >= 11 is 0. The summed E-state index contributed by atoms with van der Waals surface area (Å²) in [6.45, 7) is 5.64. The Morgan fingerprint density at radius 1 is 1.37 bits per heavy atom. The number of urea groups is 1. The average Bonchev–Trinajstić information content (AvgIpc) is 3.47. The highest BCUT2D eigenvalue weighted by Gasteiger charge is 2.47. The second kappa shape index (κ2) is 7.13. The molecule has 8 N–H and O–H groups in total. The summed E-state index contributed by atoms with van der Waals surface area (Å²) < 4.78 is 2.35. The molecule has 2 fully saturated rings. The highest BCUT2D eigenvalue weighted by Crippen LogP contribution is 2.42. The van der Waals surface area contributed by atoms with Crippen LogP contribution >= 0.6 is 0 Å². The maximum atomic E-state index is 12.8. The fourth-order valence-corrected chi connectivity index (χ4v) is 5.09. The third-order valence-corrected chi connectivity index (χ3v) is 6.85. The number of nitrogens with two attached hydrogens (primary N) is 3. The van der Waals surface area contributed by atoms with E-state index in [-0.39, 0.29) is 18.5 Å². The van der Waals surface area contributed by atoms with Crippen molar-refractivity contribution in [1.29, 1.82) is 0 Å². The number of hydrogen-bond donors (Lipinski definition) is 5. The standard InChI is InChI=1S/C20H29N7O3/c1-10-7-24-9-20(10,15(21)8-25-18(22)29)14-6-5-13-16(11(14)2)26(12-3-4-12)19(30)27(23)17(13)28/h5-6,10,12,15,24H,3-4,7-9,21,23H2,1-2H3,(H3,22,25,29)/t10-,15+,20+/m0/s1. The van der Waals surface area contributed by atoms with Crippen LogP contribution in [-0.2, 0) is 5.41 Å². The third-order valence-electron chi connectivity index (χ3n) is 6.85. The molecule has 1 saturated heterocycles. The first-order valence-corrected chi connectivity index (χ1v) is 10.3. The summed E-state index contributed by atoms with van der Waals surface area (Å²) in [6, 6.07) is 2.66. The number of aryl methyl sites for hydroxylation is 1. The number of aromatic nitrogens is 2. The van der Waals surface area contributed by atoms with E-state index in [1.165, 1.54) is 0 Å². The van der Waals surface area contributed by atoms with Crippen molar-refractivity contribution < 1.29 is 4.79 Å². The molecule has 1 aromatic carbocycles. The molecule has 1 aromatic heterocycles. The molecule has 0 unspecified atom stereocenters. The summed E-state index contributed by atoms with van der Waals surface area (Å²) in [7, 11) is 0. The topological polar surface area (TPSA) is 163 Å². The molecule has 1 aliphatic carbocycles. The van der Waals surface area contributed by atoms with Crippen molar-refractivity contribution in [3.63, 3.8) is 0 Å². The lowest BCUT2D eigenvalue weighted by atomic mass is 9.66. The van der Waals surface area contributed by atoms with E-state index in [1.54, 1.807) is 10.6 Å². The number of benzene rings is 1. The van der Waals surface area contributed by atoms with Crippen LogP contribution in [0.15, 0.2) is 21.7 Å². The zero-order chi connectivity index (χ0) is 21.8. The van der Waals surface area contributed by atoms with Gasteiger partial charge in [-0.1, -0.05) is 13.0 Å². The number of nitrogen functional groups attached to an aromatic ring is 1. The van der Waals surface area contributed by atoms with E-state index in [9.17, 15) is 14.4 Å². The molecular weight excluding hydrogens is 386 g/mol. The molecule has 2 aliphatic rings. The van der Waals surface area contributed by atoms with Crippen LogP contribution in [0.1, 0.15) is 36.9 Å². The van der Waals surface area contributed by atoms with E-state index in [4.69, 9.17) is 17.3 Å². The fourth-order valence-electron chi connectivity index (χ4n) is 5.09. The van der Waals surface area contributed by atoms with E-state index in [2.05, 4.69) is 17.6 Å². The van der Waals surface area contributed by atoms with Crippen LogP contribution in [0, 0.1) is 12.8 Å². The first-order valence-electron chi connectivity index (χ1n) is 10.3. The van der Waals surface area contributed by atoms with Crippen LogP contribution in [0.3, 0.4) is 0 Å². The van der Waals surface area contributed by atoms with E-state index < -0.39 is 28.7 Å². The third kappa shape index (κ3) is 2.90. The fraction of sp³-hybridized carbons (Fsp3) is 0.550. The molecule has 3 atom stereocenters. The van der Waals surface area contributed by atoms with Crippen molar-refractivity contribution in [3.05, 3.63) is 44.1 Å². The molecule has 1 aliphatic heterocycles. The predicted molar refractivity (Wildman–Crippen MR) is 115 cm³/mol. The van der Waals surface area contributed by atoms with Gasteiger partial charge < -0.3 is 27.9 Å². The molecule has 10 nitrogen and oxygen atoms in total. The summed E-state index contributed by atoms with van der Waals surface area (Å²) in [5.74, 6) is 5.94. The molecule has 162 valence electrons. The Labute approximate surface area is 173 Å². The predicted octanol–water partition coefficient (Wildman–Crippen LogP) is -1.01. The van der Waals surface area contributed by atoms with Gasteiger partial charge >= 0.3 is 11.7 Å². The van der Waals surface area contributed by atoms with Crippen LogP contribution < -0.4 is 39.2 Å². The van der Waals surface area contributed by atoms with Gasteiger partial charge in [0.15, 0.2) is 0 Å². The van der Waals surface area contributed by atoms with Gasteiger partial charge in [-0.3, -0.25) is 9.36 Å². The summed E-state index contributed by atoms with van der Waals surface area (Å²) in [6.07, 6.45) is 1.75. The molecule has 30 heavy (non-hydrogen) atoms. The van der Waals surface area contributed by atoms with Crippen molar-refractivity contribution in [1.82, 2.24) is 19.9 Å². The van der Waals surface area contributed by atoms with Gasteiger partial charge in [-0.05, 0) is 49.4 Å². The number of fused-ring (bicyclic) bond motifs is 1. The number of primary amides is 1. The number of carbonyl (C=O) groups is 1. The van der Waals surface area contributed by atoms with Crippen LogP contribution in [0.4, 0.5) is 4.79 Å². The van der Waals surface area contributed by atoms with Crippen molar-refractivity contribution >= 4 is 16.9 Å². The molecule has 0 spiro atoms. The highest BCUT2D eigenvalue weighted by molar-refractivity contribution is 5.83. The zero-order valence-corrected chi connectivity index (χ0v) is 17.3. The van der Waals surface area contributed by atoms with Gasteiger partial charge in [0.25, 0.3) is 5.56 Å². The lowest BCUT2D eigenvalue weighted by molar-refractivity contribution is 0.242. The Hall–Kier alpha value is -2.85. The average molecular weight is 415 g/mol. The Kier molecular flexibility index (Phi) is 4.86. The first-order chi connectivity index (χ1) is 14.2. The number of nitrogens with one attached hydrogen (secondary N) is 2. The molecule has 2 heterocycles. The van der Waals surface area contributed by atoms with Gasteiger partial charge in [0.1, 0.15) is 0 Å². The number of rotatable bonds is 5. The molecule has 2 aromatic rings. The Morgan fingerprint density at radius 3 is 2.63 bits per heavy atom. The lowest BCUT2D eigenvalue weighted by Crippen LogP contribution is -2.56.